The van der Waals surface area contributed by atoms with Crippen molar-refractivity contribution in [3.63, 3.8) is 0 Å². The van der Waals surface area contributed by atoms with Crippen molar-refractivity contribution in [2.24, 2.45) is 0 Å². The van der Waals surface area contributed by atoms with Crippen LogP contribution in [-0.2, 0) is 10.0 Å². The van der Waals surface area contributed by atoms with Crippen LogP contribution in [0.15, 0.2) is 47.6 Å². The zero-order valence-corrected chi connectivity index (χ0v) is 17.0. The van der Waals surface area contributed by atoms with Gasteiger partial charge in [-0.3, -0.25) is 0 Å². The maximum absolute atomic E-state index is 14.0. The highest BCUT2D eigenvalue weighted by molar-refractivity contribution is 7.89. The van der Waals surface area contributed by atoms with Crippen LogP contribution >= 0.6 is 0 Å². The zero-order chi connectivity index (χ0) is 20.6. The second-order valence-electron chi connectivity index (χ2n) is 6.89. The average molecular weight is 416 g/mol. The number of aryl methyl sites for hydroxylation is 2. The molecule has 0 spiro atoms. The third-order valence-electron chi connectivity index (χ3n) is 4.88. The van der Waals surface area contributed by atoms with Gasteiger partial charge < -0.3 is 4.90 Å². The fourth-order valence-electron chi connectivity index (χ4n) is 3.44. The molecule has 0 radical (unpaired) electrons. The second kappa shape index (κ2) is 7.53. The first-order chi connectivity index (χ1) is 13.9. The van der Waals surface area contributed by atoms with E-state index in [0.29, 0.717) is 24.7 Å². The number of hydrogen-bond acceptors (Lipinski definition) is 6. The van der Waals surface area contributed by atoms with Gasteiger partial charge in [0.25, 0.3) is 0 Å². The average Bonchev–Trinajstić information content (AvgIpc) is 3.06. The molecule has 2 aromatic heterocycles. The van der Waals surface area contributed by atoms with E-state index >= 15 is 0 Å². The van der Waals surface area contributed by atoms with Gasteiger partial charge in [-0.1, -0.05) is 12.1 Å². The number of nitrogens with zero attached hydrogens (tertiary/aromatic N) is 6. The highest BCUT2D eigenvalue weighted by Gasteiger charge is 2.30. The molecule has 152 valence electrons. The molecule has 1 aromatic carbocycles. The molecule has 0 aliphatic carbocycles. The molecule has 1 saturated heterocycles. The Labute approximate surface area is 168 Å². The summed E-state index contributed by atoms with van der Waals surface area (Å²) in [5.74, 6) is 0.618. The normalized spacial score (nSPS) is 15.6. The molecule has 10 heteroatoms. The fourth-order valence-corrected chi connectivity index (χ4v) is 4.92. The predicted octanol–water partition coefficient (Wildman–Crippen LogP) is 1.93. The summed E-state index contributed by atoms with van der Waals surface area (Å²) in [4.78, 5) is 10.3. The van der Waals surface area contributed by atoms with E-state index in [-0.39, 0.29) is 18.0 Å². The van der Waals surface area contributed by atoms with E-state index in [1.54, 1.807) is 4.68 Å². The first-order valence-electron chi connectivity index (χ1n) is 9.21. The van der Waals surface area contributed by atoms with Crippen molar-refractivity contribution in [2.45, 2.75) is 18.7 Å². The minimum Gasteiger partial charge on any atom is -0.354 e. The molecule has 1 fully saturated rings. The van der Waals surface area contributed by atoms with E-state index in [1.165, 1.54) is 28.8 Å². The Kier molecular flexibility index (Phi) is 5.05. The summed E-state index contributed by atoms with van der Waals surface area (Å²) in [5.41, 5.74) is 1.86. The highest BCUT2D eigenvalue weighted by Crippen LogP contribution is 2.22. The van der Waals surface area contributed by atoms with Gasteiger partial charge in [0, 0.05) is 37.9 Å². The van der Waals surface area contributed by atoms with E-state index in [0.717, 1.165) is 17.5 Å². The first kappa shape index (κ1) is 19.5. The summed E-state index contributed by atoms with van der Waals surface area (Å²) in [7, 11) is -3.87. The maximum atomic E-state index is 14.0. The van der Waals surface area contributed by atoms with Crippen LogP contribution in [-0.4, -0.2) is 58.7 Å². The highest BCUT2D eigenvalue weighted by atomic mass is 32.2. The number of rotatable bonds is 4. The molecule has 0 amide bonds. The molecule has 0 unspecified atom stereocenters. The summed E-state index contributed by atoms with van der Waals surface area (Å²) in [5, 5.41) is 4.44. The Morgan fingerprint density at radius 1 is 0.966 bits per heavy atom. The number of benzene rings is 1. The topological polar surface area (TPSA) is 84.2 Å². The molecule has 0 atom stereocenters. The van der Waals surface area contributed by atoms with E-state index in [9.17, 15) is 12.8 Å². The van der Waals surface area contributed by atoms with E-state index in [1.807, 2.05) is 30.9 Å². The number of aromatic nitrogens is 4. The van der Waals surface area contributed by atoms with Crippen LogP contribution in [0.1, 0.15) is 11.4 Å². The van der Waals surface area contributed by atoms with Gasteiger partial charge in [0.1, 0.15) is 22.9 Å². The van der Waals surface area contributed by atoms with E-state index in [2.05, 4.69) is 15.1 Å². The van der Waals surface area contributed by atoms with Crippen molar-refractivity contribution in [3.8, 4) is 5.82 Å². The molecule has 0 N–H and O–H groups in total. The number of anilines is 1. The number of piperazine rings is 1. The zero-order valence-electron chi connectivity index (χ0n) is 16.2. The molecule has 1 aliphatic rings. The lowest BCUT2D eigenvalue weighted by Gasteiger charge is -2.34. The lowest BCUT2D eigenvalue weighted by Crippen LogP contribution is -2.49. The predicted molar refractivity (Wildman–Crippen MR) is 106 cm³/mol. The van der Waals surface area contributed by atoms with Gasteiger partial charge in [-0.25, -0.2) is 27.5 Å². The van der Waals surface area contributed by atoms with Gasteiger partial charge in [-0.2, -0.15) is 9.40 Å². The van der Waals surface area contributed by atoms with Gasteiger partial charge in [0.05, 0.1) is 5.69 Å². The first-order valence-corrected chi connectivity index (χ1v) is 10.7. The summed E-state index contributed by atoms with van der Waals surface area (Å²) < 4.78 is 42.6. The van der Waals surface area contributed by atoms with Crippen LogP contribution in [0.25, 0.3) is 5.82 Å². The Morgan fingerprint density at radius 2 is 1.66 bits per heavy atom. The minimum atomic E-state index is -3.87. The molecule has 4 rings (SSSR count). The van der Waals surface area contributed by atoms with Gasteiger partial charge in [-0.15, -0.1) is 0 Å². The van der Waals surface area contributed by atoms with Gasteiger partial charge in [0.15, 0.2) is 5.82 Å². The molecule has 3 aromatic rings. The lowest BCUT2D eigenvalue weighted by molar-refractivity contribution is 0.381. The van der Waals surface area contributed by atoms with Crippen LogP contribution in [0.3, 0.4) is 0 Å². The van der Waals surface area contributed by atoms with Gasteiger partial charge in [-0.05, 0) is 32.0 Å². The van der Waals surface area contributed by atoms with Crippen LogP contribution in [0.2, 0.25) is 0 Å². The Bertz CT molecular complexity index is 1140. The van der Waals surface area contributed by atoms with Crippen LogP contribution in [0, 0.1) is 19.7 Å². The third kappa shape index (κ3) is 3.73. The number of halogens is 1. The van der Waals surface area contributed by atoms with Gasteiger partial charge in [0.2, 0.25) is 10.0 Å². The van der Waals surface area contributed by atoms with Crippen molar-refractivity contribution in [2.75, 3.05) is 31.1 Å². The van der Waals surface area contributed by atoms with Crippen LogP contribution < -0.4 is 4.90 Å². The third-order valence-corrected chi connectivity index (χ3v) is 6.81. The second-order valence-corrected chi connectivity index (χ2v) is 8.80. The largest absolute Gasteiger partial charge is 0.354 e. The van der Waals surface area contributed by atoms with Crippen molar-refractivity contribution in [1.82, 2.24) is 24.1 Å². The molecular weight excluding hydrogens is 395 g/mol. The summed E-state index contributed by atoms with van der Waals surface area (Å²) in [6.45, 7) is 5.25. The summed E-state index contributed by atoms with van der Waals surface area (Å²) in [6.07, 6.45) is 1.48. The quantitative estimate of drug-likeness (QED) is 0.646. The maximum Gasteiger partial charge on any atom is 0.246 e. The Hall–Kier alpha value is -2.85. The molecule has 29 heavy (non-hydrogen) atoms. The van der Waals surface area contributed by atoms with Crippen LogP contribution in [0.5, 0.6) is 0 Å². The van der Waals surface area contributed by atoms with Crippen molar-refractivity contribution < 1.29 is 12.8 Å². The lowest BCUT2D eigenvalue weighted by atomic mass is 10.3. The fraction of sp³-hybridized carbons (Fsp3) is 0.316. The smallest absolute Gasteiger partial charge is 0.246 e. The molecular formula is C19H21FN6O2S. The van der Waals surface area contributed by atoms with Gasteiger partial charge >= 0.3 is 0 Å². The SMILES string of the molecule is Cc1cc(C)n(-c2cc(N3CCN(S(=O)(=O)c4ccccc4F)CC3)ncn2)n1. The number of sulfonamides is 1. The van der Waals surface area contributed by atoms with E-state index in [4.69, 9.17) is 0 Å². The standard InChI is InChI=1S/C19H21FN6O2S/c1-14-11-15(2)26(23-14)19-12-18(21-13-22-19)24-7-9-25(10-8-24)29(27,28)17-6-4-3-5-16(17)20/h3-6,11-13H,7-10H2,1-2H3. The summed E-state index contributed by atoms with van der Waals surface area (Å²) in [6, 6.07) is 9.25. The molecule has 0 saturated carbocycles. The van der Waals surface area contributed by atoms with Crippen LogP contribution in [0.4, 0.5) is 10.2 Å². The Morgan fingerprint density at radius 3 is 2.31 bits per heavy atom. The summed E-state index contributed by atoms with van der Waals surface area (Å²) >= 11 is 0. The monoisotopic (exact) mass is 416 g/mol. The minimum absolute atomic E-state index is 0.246. The van der Waals surface area contributed by atoms with E-state index < -0.39 is 15.8 Å². The van der Waals surface area contributed by atoms with Crippen molar-refractivity contribution in [1.29, 1.82) is 0 Å². The number of hydrogen-bond donors (Lipinski definition) is 0. The molecule has 0 bridgehead atoms. The van der Waals surface area contributed by atoms with Crippen molar-refractivity contribution in [3.05, 3.63) is 59.9 Å². The van der Waals surface area contributed by atoms with Crippen molar-refractivity contribution >= 4 is 15.8 Å². The molecule has 1 aliphatic heterocycles. The Balaban J connectivity index is 1.51. The molecule has 8 nitrogen and oxygen atoms in total. The molecule has 3 heterocycles.